The Bertz CT molecular complexity index is 1180. The van der Waals surface area contributed by atoms with E-state index in [0.29, 0.717) is 0 Å². The van der Waals surface area contributed by atoms with Crippen molar-refractivity contribution in [2.75, 3.05) is 19.1 Å². The number of aryl methyl sites for hydroxylation is 1. The number of imidazole rings is 1. The van der Waals surface area contributed by atoms with Crippen LogP contribution in [0.15, 0.2) is 39.0 Å². The quantitative estimate of drug-likeness (QED) is 0.335. The van der Waals surface area contributed by atoms with Crippen molar-refractivity contribution < 1.29 is 14.6 Å². The molecule has 2 aromatic heterocycles. The van der Waals surface area contributed by atoms with Crippen molar-refractivity contribution in [1.29, 1.82) is 0 Å². The lowest BCUT2D eigenvalue weighted by molar-refractivity contribution is -0.000105. The highest BCUT2D eigenvalue weighted by atomic mass is 16.5. The summed E-state index contributed by atoms with van der Waals surface area (Å²) in [5.41, 5.74) is 2.74. The van der Waals surface area contributed by atoms with Crippen LogP contribution in [0.2, 0.25) is 0 Å². The number of hydrogen-bond acceptors (Lipinski definition) is 8. The summed E-state index contributed by atoms with van der Waals surface area (Å²) < 4.78 is 13.3. The Hall–Kier alpha value is -3.44. The average molecular weight is 430 g/mol. The highest BCUT2D eigenvalue weighted by molar-refractivity contribution is 5.80. The van der Waals surface area contributed by atoms with Gasteiger partial charge in [0, 0.05) is 7.05 Å². The van der Waals surface area contributed by atoms with Gasteiger partial charge in [0.05, 0.1) is 38.7 Å². The molecular weight excluding hydrogens is 404 g/mol. The van der Waals surface area contributed by atoms with E-state index in [2.05, 4.69) is 20.5 Å². The van der Waals surface area contributed by atoms with E-state index in [0.717, 1.165) is 11.3 Å². The number of hydrazone groups is 1. The molecule has 0 saturated carbocycles. The molecule has 0 fully saturated rings. The highest BCUT2D eigenvalue weighted by Crippen LogP contribution is 2.16. The van der Waals surface area contributed by atoms with Gasteiger partial charge in [-0.25, -0.2) is 10.2 Å². The van der Waals surface area contributed by atoms with Crippen molar-refractivity contribution in [3.63, 3.8) is 0 Å². The predicted octanol–water partition coefficient (Wildman–Crippen LogP) is 0.664. The van der Waals surface area contributed by atoms with Crippen LogP contribution >= 0.6 is 0 Å². The maximum absolute atomic E-state index is 12.5. The molecule has 0 spiro atoms. The van der Waals surface area contributed by atoms with E-state index in [1.165, 1.54) is 16.2 Å². The van der Waals surface area contributed by atoms with Crippen LogP contribution in [0.1, 0.15) is 19.4 Å². The van der Waals surface area contributed by atoms with Crippen LogP contribution in [0.4, 0.5) is 5.95 Å². The number of hydrogen-bond donors (Lipinski definition) is 3. The van der Waals surface area contributed by atoms with E-state index in [1.807, 2.05) is 26.0 Å². The van der Waals surface area contributed by atoms with E-state index < -0.39 is 17.4 Å². The Morgan fingerprint density at radius 1 is 1.29 bits per heavy atom. The average Bonchev–Trinajstić information content (AvgIpc) is 3.10. The van der Waals surface area contributed by atoms with E-state index >= 15 is 0 Å². The van der Waals surface area contributed by atoms with Crippen LogP contribution in [-0.2, 0) is 18.3 Å². The van der Waals surface area contributed by atoms with Crippen LogP contribution < -0.4 is 21.4 Å². The van der Waals surface area contributed by atoms with Gasteiger partial charge in [-0.1, -0.05) is 0 Å². The summed E-state index contributed by atoms with van der Waals surface area (Å²) >= 11 is 0. The molecule has 1 unspecified atom stereocenters. The zero-order valence-corrected chi connectivity index (χ0v) is 17.8. The molecule has 11 heteroatoms. The largest absolute Gasteiger partial charge is 0.497 e. The van der Waals surface area contributed by atoms with Crippen molar-refractivity contribution >= 4 is 23.3 Å². The van der Waals surface area contributed by atoms with Crippen LogP contribution in [0, 0.1) is 0 Å². The Balaban J connectivity index is 1.93. The van der Waals surface area contributed by atoms with Gasteiger partial charge in [-0.2, -0.15) is 10.1 Å². The second kappa shape index (κ2) is 9.58. The third kappa shape index (κ3) is 5.19. The number of methoxy groups -OCH3 is 1. The first-order chi connectivity index (χ1) is 14.8. The first kappa shape index (κ1) is 22.2. The molecule has 166 valence electrons. The minimum absolute atomic E-state index is 0.0187. The molecule has 1 atom stereocenters. The van der Waals surface area contributed by atoms with Crippen LogP contribution in [0.25, 0.3) is 11.2 Å². The maximum Gasteiger partial charge on any atom is 0.329 e. The number of fused-ring (bicyclic) bond motifs is 1. The SMILES string of the molecule is COc1ccc(/C=N\Nc2nc3c(c(=O)[nH]c(=O)n3C)n2CC(O)COC(C)C)cc1. The molecular formula is C20H26N6O5. The second-order valence-corrected chi connectivity index (χ2v) is 7.22. The standard InChI is InChI=1S/C20H26N6O5/c1-12(2)31-11-14(27)10-26-16-17(25(3)20(29)23-18(16)28)22-19(26)24-21-9-13-5-7-15(30-4)8-6-13/h5-9,12,14,27H,10-11H2,1-4H3,(H,22,24)(H,23,28,29)/b21-9-. The van der Waals surface area contributed by atoms with Gasteiger partial charge in [-0.05, 0) is 43.7 Å². The summed E-state index contributed by atoms with van der Waals surface area (Å²) in [4.78, 5) is 31.0. The fraction of sp³-hybridized carbons (Fsp3) is 0.400. The zero-order chi connectivity index (χ0) is 22.5. The molecule has 3 N–H and O–H groups in total. The van der Waals surface area contributed by atoms with Crippen molar-refractivity contribution in [3.05, 3.63) is 50.7 Å². The molecule has 3 rings (SSSR count). The molecule has 0 aliphatic heterocycles. The number of rotatable bonds is 9. The number of aromatic nitrogens is 4. The third-order valence-electron chi connectivity index (χ3n) is 4.52. The third-order valence-corrected chi connectivity index (χ3v) is 4.52. The fourth-order valence-corrected chi connectivity index (χ4v) is 2.92. The van der Waals surface area contributed by atoms with Gasteiger partial charge >= 0.3 is 5.69 Å². The molecule has 0 radical (unpaired) electrons. The minimum Gasteiger partial charge on any atom is -0.497 e. The number of aliphatic hydroxyl groups is 1. The number of nitrogens with one attached hydrogen (secondary N) is 2. The number of ether oxygens (including phenoxy) is 2. The van der Waals surface area contributed by atoms with Gasteiger partial charge < -0.3 is 19.1 Å². The monoisotopic (exact) mass is 430 g/mol. The lowest BCUT2D eigenvalue weighted by Crippen LogP contribution is -2.30. The Morgan fingerprint density at radius 3 is 2.65 bits per heavy atom. The van der Waals surface area contributed by atoms with Gasteiger partial charge in [0.2, 0.25) is 5.95 Å². The fourth-order valence-electron chi connectivity index (χ4n) is 2.92. The number of H-pyrrole nitrogens is 1. The predicted molar refractivity (Wildman–Crippen MR) is 117 cm³/mol. The van der Waals surface area contributed by atoms with Crippen LogP contribution in [0.5, 0.6) is 5.75 Å². The first-order valence-corrected chi connectivity index (χ1v) is 9.72. The summed E-state index contributed by atoms with van der Waals surface area (Å²) in [6.45, 7) is 3.82. The van der Waals surface area contributed by atoms with Crippen molar-refractivity contribution in [3.8, 4) is 5.75 Å². The molecule has 0 amide bonds. The second-order valence-electron chi connectivity index (χ2n) is 7.22. The Labute approximate surface area is 178 Å². The van der Waals surface area contributed by atoms with Gasteiger partial charge in [0.25, 0.3) is 5.56 Å². The van der Waals surface area contributed by atoms with E-state index in [1.54, 1.807) is 25.5 Å². The lowest BCUT2D eigenvalue weighted by Gasteiger charge is -2.15. The summed E-state index contributed by atoms with van der Waals surface area (Å²) in [5, 5.41) is 14.6. The topological polar surface area (TPSA) is 136 Å². The molecule has 0 bridgehead atoms. The number of anilines is 1. The molecule has 1 aromatic carbocycles. The van der Waals surface area contributed by atoms with E-state index in [-0.39, 0.29) is 36.4 Å². The van der Waals surface area contributed by atoms with Gasteiger partial charge in [-0.15, -0.1) is 0 Å². The lowest BCUT2D eigenvalue weighted by atomic mass is 10.2. The molecule has 0 aliphatic carbocycles. The molecule has 0 aliphatic rings. The van der Waals surface area contributed by atoms with E-state index in [4.69, 9.17) is 9.47 Å². The zero-order valence-electron chi connectivity index (χ0n) is 17.8. The summed E-state index contributed by atoms with van der Waals surface area (Å²) in [6.07, 6.45) is 0.623. The normalized spacial score (nSPS) is 12.7. The Kier molecular flexibility index (Phi) is 6.88. The molecule has 11 nitrogen and oxygen atoms in total. The maximum atomic E-state index is 12.5. The van der Waals surface area contributed by atoms with E-state index in [9.17, 15) is 14.7 Å². The first-order valence-electron chi connectivity index (χ1n) is 9.72. The van der Waals surface area contributed by atoms with Gasteiger partial charge in [0.1, 0.15) is 5.75 Å². The smallest absolute Gasteiger partial charge is 0.329 e. The molecule has 31 heavy (non-hydrogen) atoms. The minimum atomic E-state index is -0.900. The molecule has 3 aromatic rings. The van der Waals surface area contributed by atoms with Crippen LogP contribution in [0.3, 0.4) is 0 Å². The highest BCUT2D eigenvalue weighted by Gasteiger charge is 2.19. The number of benzene rings is 1. The molecule has 0 saturated heterocycles. The van der Waals surface area contributed by atoms with Gasteiger partial charge in [-0.3, -0.25) is 14.3 Å². The number of aromatic amines is 1. The number of nitrogens with zero attached hydrogens (tertiary/aromatic N) is 4. The summed E-state index contributed by atoms with van der Waals surface area (Å²) in [6, 6.07) is 7.26. The summed E-state index contributed by atoms with van der Waals surface area (Å²) in [5.74, 6) is 0.930. The molecule has 2 heterocycles. The van der Waals surface area contributed by atoms with Crippen molar-refractivity contribution in [2.24, 2.45) is 12.1 Å². The van der Waals surface area contributed by atoms with Crippen LogP contribution in [-0.4, -0.2) is 56.3 Å². The van der Waals surface area contributed by atoms with Crippen molar-refractivity contribution in [1.82, 2.24) is 19.1 Å². The Morgan fingerprint density at radius 2 is 2.00 bits per heavy atom. The summed E-state index contributed by atoms with van der Waals surface area (Å²) in [7, 11) is 3.09. The van der Waals surface area contributed by atoms with Gasteiger partial charge in [0.15, 0.2) is 11.2 Å². The van der Waals surface area contributed by atoms with Crippen molar-refractivity contribution in [2.45, 2.75) is 32.6 Å². The number of aliphatic hydroxyl groups excluding tert-OH is 1.